The fraction of sp³-hybridized carbons (Fsp3) is 0.385. The first kappa shape index (κ1) is 12.6. The molecule has 0 atom stereocenters. The fourth-order valence-corrected chi connectivity index (χ4v) is 2.00. The van der Waals surface area contributed by atoms with E-state index >= 15 is 0 Å². The summed E-state index contributed by atoms with van der Waals surface area (Å²) in [5, 5.41) is 5.59. The Bertz CT molecular complexity index is 509. The van der Waals surface area contributed by atoms with Crippen molar-refractivity contribution >= 4 is 23.2 Å². The summed E-state index contributed by atoms with van der Waals surface area (Å²) >= 11 is 0. The summed E-state index contributed by atoms with van der Waals surface area (Å²) < 4.78 is 0. The molecule has 96 valence electrons. The summed E-state index contributed by atoms with van der Waals surface area (Å²) in [6.07, 6.45) is 0.289. The molecule has 0 spiro atoms. The summed E-state index contributed by atoms with van der Waals surface area (Å²) in [5.41, 5.74) is 7.15. The van der Waals surface area contributed by atoms with Crippen molar-refractivity contribution in [3.63, 3.8) is 0 Å². The van der Waals surface area contributed by atoms with Crippen molar-refractivity contribution in [1.82, 2.24) is 0 Å². The molecular weight excluding hydrogens is 230 g/mol. The predicted octanol–water partition coefficient (Wildman–Crippen LogP) is 1.20. The van der Waals surface area contributed by atoms with Crippen molar-refractivity contribution in [3.8, 4) is 0 Å². The number of fused-ring (bicyclic) bond motifs is 1. The normalized spacial score (nSPS) is 16.1. The smallest absolute Gasteiger partial charge is 0.234 e. The zero-order valence-corrected chi connectivity index (χ0v) is 10.5. The van der Waals surface area contributed by atoms with Gasteiger partial charge in [-0.15, -0.1) is 0 Å². The molecule has 0 saturated carbocycles. The molecule has 1 aliphatic rings. The number of nitrogens with two attached hydrogens (primary N) is 1. The van der Waals surface area contributed by atoms with Crippen molar-refractivity contribution in [2.24, 2.45) is 5.73 Å². The number of carbonyl (C=O) groups excluding carboxylic acids is 2. The quantitative estimate of drug-likeness (QED) is 0.750. The Morgan fingerprint density at radius 2 is 2.17 bits per heavy atom. The lowest BCUT2D eigenvalue weighted by Gasteiger charge is -2.16. The van der Waals surface area contributed by atoms with Gasteiger partial charge in [0.1, 0.15) is 0 Å². The van der Waals surface area contributed by atoms with Crippen LogP contribution in [0.2, 0.25) is 0 Å². The molecule has 5 heteroatoms. The van der Waals surface area contributed by atoms with Gasteiger partial charge in [-0.1, -0.05) is 0 Å². The highest BCUT2D eigenvalue weighted by Crippen LogP contribution is 2.38. The number of anilines is 2. The summed E-state index contributed by atoms with van der Waals surface area (Å²) in [6, 6.07) is 5.41. The number of hydrogen-bond acceptors (Lipinski definition) is 3. The van der Waals surface area contributed by atoms with Crippen molar-refractivity contribution in [2.45, 2.75) is 25.7 Å². The maximum atomic E-state index is 11.8. The minimum absolute atomic E-state index is 0.0251. The zero-order valence-electron chi connectivity index (χ0n) is 10.5. The topological polar surface area (TPSA) is 84.2 Å². The predicted molar refractivity (Wildman–Crippen MR) is 70.4 cm³/mol. The molecule has 0 unspecified atom stereocenters. The number of hydrogen-bond donors (Lipinski definition) is 3. The van der Waals surface area contributed by atoms with Crippen LogP contribution in [0, 0.1) is 0 Å². The van der Waals surface area contributed by atoms with Crippen LogP contribution in [0.25, 0.3) is 0 Å². The largest absolute Gasteiger partial charge is 0.330 e. The van der Waals surface area contributed by atoms with Gasteiger partial charge in [-0.3, -0.25) is 9.59 Å². The second-order valence-corrected chi connectivity index (χ2v) is 4.93. The Morgan fingerprint density at radius 3 is 2.83 bits per heavy atom. The van der Waals surface area contributed by atoms with E-state index in [9.17, 15) is 9.59 Å². The summed E-state index contributed by atoms with van der Waals surface area (Å²) in [4.78, 5) is 23.2. The third kappa shape index (κ3) is 2.09. The fourth-order valence-electron chi connectivity index (χ4n) is 2.00. The molecule has 0 radical (unpaired) electrons. The number of carbonyl (C=O) groups is 2. The second kappa shape index (κ2) is 4.42. The van der Waals surface area contributed by atoms with E-state index in [0.29, 0.717) is 12.2 Å². The van der Waals surface area contributed by atoms with Crippen LogP contribution < -0.4 is 16.4 Å². The number of amides is 2. The Kier molecular flexibility index (Phi) is 3.09. The summed E-state index contributed by atoms with van der Waals surface area (Å²) in [7, 11) is 0. The first-order valence-corrected chi connectivity index (χ1v) is 5.91. The average molecular weight is 247 g/mol. The molecule has 2 rings (SSSR count). The summed E-state index contributed by atoms with van der Waals surface area (Å²) in [6.45, 7) is 4.04. The van der Waals surface area contributed by atoms with Crippen LogP contribution in [-0.4, -0.2) is 18.4 Å². The standard InChI is InChI=1S/C13H17N3O2/c1-13(2)9-7-8(15-11(17)5-6-14)3-4-10(9)16-12(13)18/h3-4,7H,5-6,14H2,1-2H3,(H,15,17)(H,16,18). The molecule has 0 saturated heterocycles. The monoisotopic (exact) mass is 247 g/mol. The first-order chi connectivity index (χ1) is 8.45. The Morgan fingerprint density at radius 1 is 1.44 bits per heavy atom. The minimum Gasteiger partial charge on any atom is -0.330 e. The molecule has 2 amide bonds. The Labute approximate surface area is 106 Å². The van der Waals surface area contributed by atoms with Crippen LogP contribution in [-0.2, 0) is 15.0 Å². The average Bonchev–Trinajstić information content (AvgIpc) is 2.51. The summed E-state index contributed by atoms with van der Waals surface area (Å²) in [5.74, 6) is -0.143. The van der Waals surface area contributed by atoms with E-state index in [0.717, 1.165) is 11.3 Å². The van der Waals surface area contributed by atoms with Crippen LogP contribution >= 0.6 is 0 Å². The van der Waals surface area contributed by atoms with Crippen LogP contribution in [0.5, 0.6) is 0 Å². The van der Waals surface area contributed by atoms with E-state index in [4.69, 9.17) is 5.73 Å². The third-order valence-corrected chi connectivity index (χ3v) is 3.16. The van der Waals surface area contributed by atoms with Crippen LogP contribution in [0.1, 0.15) is 25.8 Å². The number of rotatable bonds is 3. The van der Waals surface area contributed by atoms with Gasteiger partial charge >= 0.3 is 0 Å². The SMILES string of the molecule is CC1(C)C(=O)Nc2ccc(NC(=O)CCN)cc21. The van der Waals surface area contributed by atoms with Gasteiger partial charge in [-0.2, -0.15) is 0 Å². The molecule has 1 aromatic rings. The molecule has 1 aromatic carbocycles. The van der Waals surface area contributed by atoms with E-state index in [2.05, 4.69) is 10.6 Å². The van der Waals surface area contributed by atoms with Gasteiger partial charge < -0.3 is 16.4 Å². The van der Waals surface area contributed by atoms with E-state index in [1.165, 1.54) is 0 Å². The second-order valence-electron chi connectivity index (χ2n) is 4.93. The third-order valence-electron chi connectivity index (χ3n) is 3.16. The maximum absolute atomic E-state index is 11.8. The van der Waals surface area contributed by atoms with E-state index in [1.807, 2.05) is 19.9 Å². The molecule has 18 heavy (non-hydrogen) atoms. The Balaban J connectivity index is 2.26. The van der Waals surface area contributed by atoms with Crippen molar-refractivity contribution in [3.05, 3.63) is 23.8 Å². The highest BCUT2D eigenvalue weighted by molar-refractivity contribution is 6.06. The van der Waals surface area contributed by atoms with Crippen LogP contribution in [0.15, 0.2) is 18.2 Å². The van der Waals surface area contributed by atoms with Gasteiger partial charge in [0.2, 0.25) is 11.8 Å². The lowest BCUT2D eigenvalue weighted by Crippen LogP contribution is -2.27. The number of nitrogens with one attached hydrogen (secondary N) is 2. The van der Waals surface area contributed by atoms with Gasteiger partial charge in [0.05, 0.1) is 5.41 Å². The molecule has 4 N–H and O–H groups in total. The molecule has 1 heterocycles. The molecule has 0 aromatic heterocycles. The molecule has 0 bridgehead atoms. The highest BCUT2D eigenvalue weighted by Gasteiger charge is 2.38. The van der Waals surface area contributed by atoms with Gasteiger partial charge in [0.25, 0.3) is 0 Å². The van der Waals surface area contributed by atoms with Crippen LogP contribution in [0.3, 0.4) is 0 Å². The lowest BCUT2D eigenvalue weighted by atomic mass is 9.86. The molecule has 0 fully saturated rings. The molecule has 0 aliphatic carbocycles. The van der Waals surface area contributed by atoms with E-state index in [-0.39, 0.29) is 18.2 Å². The van der Waals surface area contributed by atoms with Crippen molar-refractivity contribution in [2.75, 3.05) is 17.2 Å². The van der Waals surface area contributed by atoms with E-state index in [1.54, 1.807) is 12.1 Å². The first-order valence-electron chi connectivity index (χ1n) is 5.91. The van der Waals surface area contributed by atoms with Gasteiger partial charge in [0, 0.05) is 24.3 Å². The Hall–Kier alpha value is -1.88. The van der Waals surface area contributed by atoms with Gasteiger partial charge in [-0.25, -0.2) is 0 Å². The van der Waals surface area contributed by atoms with Crippen LogP contribution in [0.4, 0.5) is 11.4 Å². The van der Waals surface area contributed by atoms with Crippen molar-refractivity contribution in [1.29, 1.82) is 0 Å². The highest BCUT2D eigenvalue weighted by atomic mass is 16.2. The molecular formula is C13H17N3O2. The van der Waals surface area contributed by atoms with Crippen molar-refractivity contribution < 1.29 is 9.59 Å². The molecule has 5 nitrogen and oxygen atoms in total. The van der Waals surface area contributed by atoms with E-state index < -0.39 is 5.41 Å². The maximum Gasteiger partial charge on any atom is 0.234 e. The zero-order chi connectivity index (χ0) is 13.3. The number of benzene rings is 1. The lowest BCUT2D eigenvalue weighted by molar-refractivity contribution is -0.119. The van der Waals surface area contributed by atoms with Gasteiger partial charge in [0.15, 0.2) is 0 Å². The minimum atomic E-state index is -0.566. The van der Waals surface area contributed by atoms with Gasteiger partial charge in [-0.05, 0) is 37.6 Å². The molecule has 1 aliphatic heterocycles.